The van der Waals surface area contributed by atoms with Crippen molar-refractivity contribution in [3.63, 3.8) is 0 Å². The van der Waals surface area contributed by atoms with Crippen LogP contribution in [0.2, 0.25) is 0 Å². The number of rotatable bonds is 4. The van der Waals surface area contributed by atoms with Crippen molar-refractivity contribution in [2.24, 2.45) is 0 Å². The van der Waals surface area contributed by atoms with Crippen molar-refractivity contribution >= 4 is 0 Å². The molecule has 132 valence electrons. The van der Waals surface area contributed by atoms with E-state index in [1.807, 2.05) is 18.3 Å². The van der Waals surface area contributed by atoms with Gasteiger partial charge in [0.05, 0.1) is 18.4 Å². The van der Waals surface area contributed by atoms with Crippen molar-refractivity contribution in [2.45, 2.75) is 19.5 Å². The Morgan fingerprint density at radius 1 is 1.19 bits per heavy atom. The first-order valence-corrected chi connectivity index (χ1v) is 8.41. The Labute approximate surface area is 151 Å². The van der Waals surface area contributed by atoms with E-state index in [2.05, 4.69) is 24.8 Å². The van der Waals surface area contributed by atoms with Gasteiger partial charge in [-0.05, 0) is 6.07 Å². The Morgan fingerprint density at radius 2 is 2.04 bits per heavy atom. The molecule has 0 unspecified atom stereocenters. The summed E-state index contributed by atoms with van der Waals surface area (Å²) in [5, 5.41) is 10.2. The van der Waals surface area contributed by atoms with Gasteiger partial charge in [0.15, 0.2) is 5.82 Å². The van der Waals surface area contributed by atoms with Gasteiger partial charge in [0.25, 0.3) is 0 Å². The minimum absolute atomic E-state index is 0.255. The fraction of sp³-hybridized carbons (Fsp3) is 0.263. The maximum absolute atomic E-state index is 10.2. The molecule has 0 saturated heterocycles. The van der Waals surface area contributed by atoms with E-state index in [0.29, 0.717) is 18.1 Å². The minimum atomic E-state index is 0.255. The zero-order valence-corrected chi connectivity index (χ0v) is 14.5. The molecule has 3 heterocycles. The molecule has 0 spiro atoms. The second-order valence-electron chi connectivity index (χ2n) is 6.25. The second kappa shape index (κ2) is 7.05. The molecule has 0 atom stereocenters. The molecule has 0 aliphatic carbocycles. The van der Waals surface area contributed by atoms with Crippen LogP contribution in [0.4, 0.5) is 0 Å². The zero-order valence-electron chi connectivity index (χ0n) is 14.5. The molecular weight excluding hydrogens is 330 g/mol. The van der Waals surface area contributed by atoms with Gasteiger partial charge in [0.2, 0.25) is 0 Å². The quantitative estimate of drug-likeness (QED) is 0.773. The van der Waals surface area contributed by atoms with Crippen LogP contribution in [0.3, 0.4) is 0 Å². The zero-order chi connectivity index (χ0) is 17.9. The molecule has 2 aromatic heterocycles. The first-order chi connectivity index (χ1) is 12.7. The molecule has 1 aromatic carbocycles. The summed E-state index contributed by atoms with van der Waals surface area (Å²) in [6.45, 7) is 2.30. The van der Waals surface area contributed by atoms with Crippen LogP contribution in [0.5, 0.6) is 11.5 Å². The van der Waals surface area contributed by atoms with Gasteiger partial charge in [-0.1, -0.05) is 6.07 Å². The van der Waals surface area contributed by atoms with E-state index >= 15 is 0 Å². The molecule has 1 N–H and O–H groups in total. The van der Waals surface area contributed by atoms with Crippen molar-refractivity contribution in [3.8, 4) is 22.9 Å². The van der Waals surface area contributed by atoms with Crippen LogP contribution in [-0.2, 0) is 19.5 Å². The molecule has 0 amide bonds. The SMILES string of the molecule is COc1ccc(CN2CCc3nc(-c4cncnc4)ncc3C2)c(O)c1. The Morgan fingerprint density at radius 3 is 2.81 bits per heavy atom. The molecule has 7 nitrogen and oxygen atoms in total. The van der Waals surface area contributed by atoms with Crippen LogP contribution in [0.25, 0.3) is 11.4 Å². The van der Waals surface area contributed by atoms with Gasteiger partial charge in [0, 0.05) is 61.8 Å². The van der Waals surface area contributed by atoms with Gasteiger partial charge in [-0.2, -0.15) is 0 Å². The summed E-state index contributed by atoms with van der Waals surface area (Å²) in [6, 6.07) is 5.41. The number of phenols is 1. The van der Waals surface area contributed by atoms with Crippen LogP contribution >= 0.6 is 0 Å². The first-order valence-electron chi connectivity index (χ1n) is 8.41. The molecule has 7 heteroatoms. The molecule has 4 rings (SSSR count). The summed E-state index contributed by atoms with van der Waals surface area (Å²) >= 11 is 0. The van der Waals surface area contributed by atoms with Crippen molar-refractivity contribution in [1.29, 1.82) is 0 Å². The fourth-order valence-corrected chi connectivity index (χ4v) is 3.11. The van der Waals surface area contributed by atoms with Gasteiger partial charge >= 0.3 is 0 Å². The normalized spacial score (nSPS) is 14.0. The van der Waals surface area contributed by atoms with E-state index in [1.165, 1.54) is 6.33 Å². The Bertz CT molecular complexity index is 917. The number of phenolic OH excluding ortho intramolecular Hbond substituents is 1. The highest BCUT2D eigenvalue weighted by Crippen LogP contribution is 2.27. The molecule has 26 heavy (non-hydrogen) atoms. The van der Waals surface area contributed by atoms with Crippen LogP contribution < -0.4 is 4.74 Å². The third kappa shape index (κ3) is 3.34. The summed E-state index contributed by atoms with van der Waals surface area (Å²) in [7, 11) is 1.59. The standard InChI is InChI=1S/C19H19N5O2/c1-26-16-3-2-13(18(25)6-16)10-24-5-4-17-15(11-24)9-22-19(23-17)14-7-20-12-21-8-14/h2-3,6-9,12,25H,4-5,10-11H2,1H3. The lowest BCUT2D eigenvalue weighted by Gasteiger charge is -2.28. The van der Waals surface area contributed by atoms with Gasteiger partial charge in [0.1, 0.15) is 17.8 Å². The molecule has 3 aromatic rings. The number of hydrogen-bond acceptors (Lipinski definition) is 7. The molecule has 0 fully saturated rings. The van der Waals surface area contributed by atoms with Crippen LogP contribution in [0, 0.1) is 0 Å². The fourth-order valence-electron chi connectivity index (χ4n) is 3.11. The number of ether oxygens (including phenoxy) is 1. The maximum atomic E-state index is 10.2. The van der Waals surface area contributed by atoms with E-state index in [9.17, 15) is 5.11 Å². The number of nitrogens with zero attached hydrogens (tertiary/aromatic N) is 5. The third-order valence-corrected chi connectivity index (χ3v) is 4.52. The van der Waals surface area contributed by atoms with E-state index < -0.39 is 0 Å². The third-order valence-electron chi connectivity index (χ3n) is 4.52. The van der Waals surface area contributed by atoms with Gasteiger partial charge < -0.3 is 9.84 Å². The first kappa shape index (κ1) is 16.4. The largest absolute Gasteiger partial charge is 0.507 e. The van der Waals surface area contributed by atoms with E-state index in [4.69, 9.17) is 4.74 Å². The average Bonchev–Trinajstić information content (AvgIpc) is 2.69. The van der Waals surface area contributed by atoms with Crippen LogP contribution in [0.1, 0.15) is 16.8 Å². The van der Waals surface area contributed by atoms with E-state index in [1.54, 1.807) is 25.6 Å². The molecule has 0 saturated carbocycles. The smallest absolute Gasteiger partial charge is 0.162 e. The topological polar surface area (TPSA) is 84.3 Å². The van der Waals surface area contributed by atoms with Crippen molar-refractivity contribution in [1.82, 2.24) is 24.8 Å². The Kier molecular flexibility index (Phi) is 4.45. The lowest BCUT2D eigenvalue weighted by Crippen LogP contribution is -2.31. The van der Waals surface area contributed by atoms with Crippen molar-refractivity contribution in [2.75, 3.05) is 13.7 Å². The molecular formula is C19H19N5O2. The van der Waals surface area contributed by atoms with Crippen LogP contribution in [0.15, 0.2) is 43.1 Å². The number of benzene rings is 1. The molecule has 0 radical (unpaired) electrons. The lowest BCUT2D eigenvalue weighted by molar-refractivity contribution is 0.239. The highest BCUT2D eigenvalue weighted by atomic mass is 16.5. The number of hydrogen-bond donors (Lipinski definition) is 1. The lowest BCUT2D eigenvalue weighted by atomic mass is 10.1. The molecule has 0 bridgehead atoms. The van der Waals surface area contributed by atoms with E-state index in [0.717, 1.165) is 41.9 Å². The molecule has 1 aliphatic rings. The van der Waals surface area contributed by atoms with E-state index in [-0.39, 0.29) is 5.75 Å². The monoisotopic (exact) mass is 349 g/mol. The summed E-state index contributed by atoms with van der Waals surface area (Å²) in [5.74, 6) is 1.57. The Hall–Kier alpha value is -3.06. The van der Waals surface area contributed by atoms with Crippen LogP contribution in [-0.4, -0.2) is 43.6 Å². The summed E-state index contributed by atoms with van der Waals surface area (Å²) in [4.78, 5) is 19.5. The second-order valence-corrected chi connectivity index (χ2v) is 6.25. The van der Waals surface area contributed by atoms with Gasteiger partial charge in [-0.3, -0.25) is 4.90 Å². The predicted molar refractivity (Wildman–Crippen MR) is 95.5 cm³/mol. The predicted octanol–water partition coefficient (Wildman–Crippen LogP) is 2.21. The maximum Gasteiger partial charge on any atom is 0.162 e. The van der Waals surface area contributed by atoms with Crippen molar-refractivity contribution in [3.05, 3.63) is 59.9 Å². The number of aromatic nitrogens is 4. The van der Waals surface area contributed by atoms with Crippen molar-refractivity contribution < 1.29 is 9.84 Å². The number of methoxy groups -OCH3 is 1. The number of aromatic hydroxyl groups is 1. The van der Waals surface area contributed by atoms with Gasteiger partial charge in [-0.15, -0.1) is 0 Å². The summed E-state index contributed by atoms with van der Waals surface area (Å²) in [6.07, 6.45) is 7.65. The summed E-state index contributed by atoms with van der Waals surface area (Å²) < 4.78 is 5.14. The molecule has 1 aliphatic heterocycles. The van der Waals surface area contributed by atoms with Gasteiger partial charge in [-0.25, -0.2) is 19.9 Å². The minimum Gasteiger partial charge on any atom is -0.507 e. The highest BCUT2D eigenvalue weighted by molar-refractivity contribution is 5.52. The Balaban J connectivity index is 1.50. The summed E-state index contributed by atoms with van der Waals surface area (Å²) in [5.41, 5.74) is 3.88. The number of fused-ring (bicyclic) bond motifs is 1. The average molecular weight is 349 g/mol. The highest BCUT2D eigenvalue weighted by Gasteiger charge is 2.20.